The lowest BCUT2D eigenvalue weighted by Gasteiger charge is -2.34. The van der Waals surface area contributed by atoms with Crippen LogP contribution in [-0.2, 0) is 6.54 Å². The van der Waals surface area contributed by atoms with Crippen molar-refractivity contribution < 1.29 is 5.11 Å². The van der Waals surface area contributed by atoms with Gasteiger partial charge in [0.05, 0.1) is 11.6 Å². The second-order valence-corrected chi connectivity index (χ2v) is 6.15. The Balaban J connectivity index is 1.86. The SMILES string of the molecule is CC1CCCC(O)(C2NCc3ccccc32)CC1. The zero-order valence-corrected chi connectivity index (χ0v) is 11.2. The fourth-order valence-corrected chi connectivity index (χ4v) is 3.59. The summed E-state index contributed by atoms with van der Waals surface area (Å²) in [6, 6.07) is 8.65. The van der Waals surface area contributed by atoms with E-state index >= 15 is 0 Å². The standard InChI is InChI=1S/C16H23NO/c1-12-5-4-9-16(18,10-8-12)15-14-7-3-2-6-13(14)11-17-15/h2-3,6-7,12,15,17-18H,4-5,8-11H2,1H3. The molecule has 2 heteroatoms. The largest absolute Gasteiger partial charge is 0.388 e. The molecule has 0 spiro atoms. The summed E-state index contributed by atoms with van der Waals surface area (Å²) in [4.78, 5) is 0. The Morgan fingerprint density at radius 3 is 2.94 bits per heavy atom. The van der Waals surface area contributed by atoms with Gasteiger partial charge < -0.3 is 10.4 Å². The molecule has 3 unspecified atom stereocenters. The number of nitrogens with one attached hydrogen (secondary N) is 1. The minimum atomic E-state index is -0.544. The molecule has 2 aliphatic rings. The first-order valence-corrected chi connectivity index (χ1v) is 7.23. The van der Waals surface area contributed by atoms with E-state index in [9.17, 15) is 5.11 Å². The molecule has 1 saturated carbocycles. The van der Waals surface area contributed by atoms with Crippen molar-refractivity contribution in [1.29, 1.82) is 0 Å². The lowest BCUT2D eigenvalue weighted by Crippen LogP contribution is -2.40. The van der Waals surface area contributed by atoms with Crippen molar-refractivity contribution in [3.63, 3.8) is 0 Å². The van der Waals surface area contributed by atoms with Crippen LogP contribution in [0.1, 0.15) is 56.2 Å². The van der Waals surface area contributed by atoms with Crippen LogP contribution in [0.2, 0.25) is 0 Å². The average molecular weight is 245 g/mol. The lowest BCUT2D eigenvalue weighted by molar-refractivity contribution is -0.0111. The molecule has 2 N–H and O–H groups in total. The molecule has 2 nitrogen and oxygen atoms in total. The highest BCUT2D eigenvalue weighted by Gasteiger charge is 2.41. The van der Waals surface area contributed by atoms with Gasteiger partial charge in [0, 0.05) is 6.54 Å². The van der Waals surface area contributed by atoms with Crippen LogP contribution in [0.25, 0.3) is 0 Å². The van der Waals surface area contributed by atoms with Gasteiger partial charge in [-0.15, -0.1) is 0 Å². The van der Waals surface area contributed by atoms with Crippen LogP contribution in [0.4, 0.5) is 0 Å². The van der Waals surface area contributed by atoms with Crippen LogP contribution >= 0.6 is 0 Å². The van der Waals surface area contributed by atoms with Gasteiger partial charge in [0.1, 0.15) is 0 Å². The Kier molecular flexibility index (Phi) is 3.16. The fourth-order valence-electron chi connectivity index (χ4n) is 3.59. The van der Waals surface area contributed by atoms with Crippen molar-refractivity contribution in [2.45, 2.75) is 57.2 Å². The third kappa shape index (κ3) is 2.08. The van der Waals surface area contributed by atoms with Gasteiger partial charge in [-0.2, -0.15) is 0 Å². The number of aliphatic hydroxyl groups is 1. The summed E-state index contributed by atoms with van der Waals surface area (Å²) < 4.78 is 0. The normalized spacial score (nSPS) is 36.1. The van der Waals surface area contributed by atoms with Crippen molar-refractivity contribution in [3.05, 3.63) is 35.4 Å². The van der Waals surface area contributed by atoms with Gasteiger partial charge >= 0.3 is 0 Å². The van der Waals surface area contributed by atoms with Crippen LogP contribution in [0.15, 0.2) is 24.3 Å². The van der Waals surface area contributed by atoms with E-state index in [4.69, 9.17) is 0 Å². The smallest absolute Gasteiger partial charge is 0.0841 e. The molecule has 1 aromatic rings. The van der Waals surface area contributed by atoms with Gasteiger partial charge in [-0.3, -0.25) is 0 Å². The maximum atomic E-state index is 11.1. The van der Waals surface area contributed by atoms with E-state index in [1.807, 2.05) is 0 Å². The maximum Gasteiger partial charge on any atom is 0.0841 e. The lowest BCUT2D eigenvalue weighted by atomic mass is 9.83. The van der Waals surface area contributed by atoms with Crippen LogP contribution in [-0.4, -0.2) is 10.7 Å². The zero-order chi connectivity index (χ0) is 12.6. The predicted molar refractivity (Wildman–Crippen MR) is 73.2 cm³/mol. The van der Waals surface area contributed by atoms with Crippen molar-refractivity contribution >= 4 is 0 Å². The Bertz CT molecular complexity index is 431. The maximum absolute atomic E-state index is 11.1. The summed E-state index contributed by atoms with van der Waals surface area (Å²) in [6.07, 6.45) is 5.43. The highest BCUT2D eigenvalue weighted by Crippen LogP contribution is 2.42. The van der Waals surface area contributed by atoms with Crippen molar-refractivity contribution in [2.24, 2.45) is 5.92 Å². The van der Waals surface area contributed by atoms with E-state index in [0.717, 1.165) is 38.1 Å². The first-order chi connectivity index (χ1) is 8.69. The minimum absolute atomic E-state index is 0.138. The quantitative estimate of drug-likeness (QED) is 0.745. The molecule has 0 saturated heterocycles. The molecule has 98 valence electrons. The number of hydrogen-bond donors (Lipinski definition) is 2. The highest BCUT2D eigenvalue weighted by molar-refractivity contribution is 5.35. The Morgan fingerprint density at radius 1 is 1.22 bits per heavy atom. The summed E-state index contributed by atoms with van der Waals surface area (Å²) in [7, 11) is 0. The predicted octanol–water partition coefficient (Wildman–Crippen LogP) is 3.16. The van der Waals surface area contributed by atoms with Crippen LogP contribution < -0.4 is 5.32 Å². The average Bonchev–Trinajstić information content (AvgIpc) is 2.73. The van der Waals surface area contributed by atoms with E-state index in [1.165, 1.54) is 17.5 Å². The van der Waals surface area contributed by atoms with Gasteiger partial charge in [-0.25, -0.2) is 0 Å². The van der Waals surface area contributed by atoms with E-state index in [0.29, 0.717) is 0 Å². The van der Waals surface area contributed by atoms with E-state index in [2.05, 4.69) is 36.5 Å². The molecule has 3 atom stereocenters. The number of fused-ring (bicyclic) bond motifs is 1. The van der Waals surface area contributed by atoms with Gasteiger partial charge in [-0.1, -0.05) is 44.0 Å². The van der Waals surface area contributed by atoms with Crippen LogP contribution in [0, 0.1) is 5.92 Å². The zero-order valence-electron chi connectivity index (χ0n) is 11.2. The van der Waals surface area contributed by atoms with Crippen LogP contribution in [0.3, 0.4) is 0 Å². The number of rotatable bonds is 1. The summed E-state index contributed by atoms with van der Waals surface area (Å²) >= 11 is 0. The molecular weight excluding hydrogens is 222 g/mol. The fraction of sp³-hybridized carbons (Fsp3) is 0.625. The number of benzene rings is 1. The summed E-state index contributed by atoms with van der Waals surface area (Å²) in [5.74, 6) is 0.760. The molecule has 1 aliphatic carbocycles. The van der Waals surface area contributed by atoms with Gasteiger partial charge in [0.15, 0.2) is 0 Å². The van der Waals surface area contributed by atoms with E-state index in [1.54, 1.807) is 0 Å². The third-order valence-corrected chi connectivity index (χ3v) is 4.78. The molecule has 3 rings (SSSR count). The second kappa shape index (κ2) is 4.67. The van der Waals surface area contributed by atoms with Crippen molar-refractivity contribution in [2.75, 3.05) is 0 Å². The first kappa shape index (κ1) is 12.2. The summed E-state index contributed by atoms with van der Waals surface area (Å²) in [5, 5.41) is 14.6. The second-order valence-electron chi connectivity index (χ2n) is 6.15. The van der Waals surface area contributed by atoms with E-state index < -0.39 is 5.60 Å². The number of hydrogen-bond acceptors (Lipinski definition) is 2. The Hall–Kier alpha value is -0.860. The molecule has 18 heavy (non-hydrogen) atoms. The van der Waals surface area contributed by atoms with Gasteiger partial charge in [0.2, 0.25) is 0 Å². The molecule has 0 radical (unpaired) electrons. The van der Waals surface area contributed by atoms with Crippen molar-refractivity contribution in [1.82, 2.24) is 5.32 Å². The van der Waals surface area contributed by atoms with Crippen LogP contribution in [0.5, 0.6) is 0 Å². The third-order valence-electron chi connectivity index (χ3n) is 4.78. The van der Waals surface area contributed by atoms with Crippen molar-refractivity contribution in [3.8, 4) is 0 Å². The summed E-state index contributed by atoms with van der Waals surface area (Å²) in [5.41, 5.74) is 2.12. The Morgan fingerprint density at radius 2 is 2.06 bits per heavy atom. The Labute approximate surface area is 109 Å². The topological polar surface area (TPSA) is 32.3 Å². The molecule has 0 aromatic heterocycles. The molecule has 1 aliphatic heterocycles. The minimum Gasteiger partial charge on any atom is -0.388 e. The van der Waals surface area contributed by atoms with Gasteiger partial charge in [-0.05, 0) is 36.3 Å². The first-order valence-electron chi connectivity index (χ1n) is 7.23. The molecule has 1 fully saturated rings. The summed E-state index contributed by atoms with van der Waals surface area (Å²) in [6.45, 7) is 3.21. The monoisotopic (exact) mass is 245 g/mol. The molecule has 0 bridgehead atoms. The van der Waals surface area contributed by atoms with E-state index in [-0.39, 0.29) is 6.04 Å². The highest BCUT2D eigenvalue weighted by atomic mass is 16.3. The molecule has 1 aromatic carbocycles. The molecule has 0 amide bonds. The van der Waals surface area contributed by atoms with Gasteiger partial charge in [0.25, 0.3) is 0 Å². The molecule has 1 heterocycles. The molecular formula is C16H23NO.